The summed E-state index contributed by atoms with van der Waals surface area (Å²) in [5.74, 6) is 1.10. The number of benzene rings is 1. The predicted octanol–water partition coefficient (Wildman–Crippen LogP) is 4.63. The van der Waals surface area contributed by atoms with E-state index in [-0.39, 0.29) is 11.8 Å². The minimum Gasteiger partial charge on any atom is -0.383 e. The van der Waals surface area contributed by atoms with Gasteiger partial charge in [-0.25, -0.2) is 4.98 Å². The monoisotopic (exact) mass is 412 g/mol. The van der Waals surface area contributed by atoms with Crippen molar-refractivity contribution in [1.29, 1.82) is 0 Å². The number of aromatic nitrogens is 4. The molecule has 154 valence electrons. The third-order valence-electron chi connectivity index (χ3n) is 5.07. The first-order chi connectivity index (χ1) is 13.9. The fourth-order valence-electron chi connectivity index (χ4n) is 3.60. The lowest BCUT2D eigenvalue weighted by molar-refractivity contribution is 0.102. The molecule has 0 radical (unpaired) electrons. The number of nitrogens with one attached hydrogen (secondary N) is 1. The standard InChI is InChI=1S/C22H28N4O2S/c1-6-17-7-9-18(10-8-17)21-23-22(25-24-21)29-13-20(27)19-11-14(2)26(16(19)4)15(3)12-28-5/h7-11,15H,6,12-13H2,1-5H3,(H,23,24,25)/t15-/m1/s1. The molecule has 3 aromatic rings. The Bertz CT molecular complexity index is 975. The van der Waals surface area contributed by atoms with Crippen LogP contribution in [0.3, 0.4) is 0 Å². The van der Waals surface area contributed by atoms with Gasteiger partial charge in [0.25, 0.3) is 0 Å². The van der Waals surface area contributed by atoms with Crippen LogP contribution in [0.1, 0.15) is 47.2 Å². The van der Waals surface area contributed by atoms with Crippen molar-refractivity contribution in [1.82, 2.24) is 19.7 Å². The third-order valence-corrected chi connectivity index (χ3v) is 5.91. The second-order valence-corrected chi connectivity index (χ2v) is 8.13. The van der Waals surface area contributed by atoms with Gasteiger partial charge in [0.05, 0.1) is 18.4 Å². The van der Waals surface area contributed by atoms with Gasteiger partial charge in [-0.05, 0) is 38.8 Å². The largest absolute Gasteiger partial charge is 0.383 e. The number of hydrogen-bond acceptors (Lipinski definition) is 5. The number of ketones is 1. The second kappa shape index (κ2) is 9.41. The summed E-state index contributed by atoms with van der Waals surface area (Å²) < 4.78 is 7.42. The second-order valence-electron chi connectivity index (χ2n) is 7.19. The van der Waals surface area contributed by atoms with E-state index in [2.05, 4.69) is 45.7 Å². The number of carbonyl (C=O) groups is 1. The van der Waals surface area contributed by atoms with E-state index in [1.165, 1.54) is 17.3 Å². The van der Waals surface area contributed by atoms with Gasteiger partial charge in [-0.15, -0.1) is 5.10 Å². The Balaban J connectivity index is 1.67. The van der Waals surface area contributed by atoms with Crippen LogP contribution in [-0.2, 0) is 11.2 Å². The fourth-order valence-corrected chi connectivity index (χ4v) is 4.28. The van der Waals surface area contributed by atoms with Crippen LogP contribution in [0.2, 0.25) is 0 Å². The number of Topliss-reactive ketones (excluding diaryl/α,β-unsaturated/α-hetero) is 1. The zero-order valence-electron chi connectivity index (χ0n) is 17.7. The van der Waals surface area contributed by atoms with E-state index in [1.54, 1.807) is 7.11 Å². The number of ether oxygens (including phenoxy) is 1. The summed E-state index contributed by atoms with van der Waals surface area (Å²) in [6, 6.07) is 10.4. The van der Waals surface area contributed by atoms with Gasteiger partial charge in [-0.2, -0.15) is 0 Å². The molecule has 1 N–H and O–H groups in total. The highest BCUT2D eigenvalue weighted by Gasteiger charge is 2.19. The van der Waals surface area contributed by atoms with Crippen LogP contribution in [0.15, 0.2) is 35.5 Å². The van der Waals surface area contributed by atoms with Crippen LogP contribution in [0.4, 0.5) is 0 Å². The molecular weight excluding hydrogens is 384 g/mol. The highest BCUT2D eigenvalue weighted by Crippen LogP contribution is 2.24. The van der Waals surface area contributed by atoms with E-state index < -0.39 is 0 Å². The van der Waals surface area contributed by atoms with Gasteiger partial charge in [0.1, 0.15) is 0 Å². The average molecular weight is 413 g/mol. The predicted molar refractivity (Wildman–Crippen MR) is 117 cm³/mol. The highest BCUT2D eigenvalue weighted by molar-refractivity contribution is 7.99. The first kappa shape index (κ1) is 21.3. The van der Waals surface area contributed by atoms with Crippen LogP contribution in [0.5, 0.6) is 0 Å². The minimum absolute atomic E-state index is 0.0811. The molecule has 29 heavy (non-hydrogen) atoms. The molecule has 0 aliphatic carbocycles. The number of rotatable bonds is 9. The first-order valence-electron chi connectivity index (χ1n) is 9.79. The molecule has 7 heteroatoms. The van der Waals surface area contributed by atoms with Crippen LogP contribution in [-0.4, -0.2) is 45.0 Å². The maximum Gasteiger partial charge on any atom is 0.209 e. The molecule has 1 atom stereocenters. The fraction of sp³-hybridized carbons (Fsp3) is 0.409. The molecule has 0 amide bonds. The summed E-state index contributed by atoms with van der Waals surface area (Å²) in [7, 11) is 1.69. The Kier molecular flexibility index (Phi) is 6.92. The van der Waals surface area contributed by atoms with Crippen molar-refractivity contribution < 1.29 is 9.53 Å². The maximum atomic E-state index is 12.8. The van der Waals surface area contributed by atoms with E-state index >= 15 is 0 Å². The van der Waals surface area contributed by atoms with Crippen LogP contribution in [0.25, 0.3) is 11.4 Å². The average Bonchev–Trinajstić information content (AvgIpc) is 3.30. The molecule has 2 heterocycles. The number of aromatic amines is 1. The Morgan fingerprint density at radius 1 is 1.28 bits per heavy atom. The number of aryl methyl sites for hydroxylation is 2. The molecule has 1 aromatic carbocycles. The zero-order chi connectivity index (χ0) is 21.0. The smallest absolute Gasteiger partial charge is 0.209 e. The van der Waals surface area contributed by atoms with Crippen molar-refractivity contribution in [2.24, 2.45) is 0 Å². The Hall–Kier alpha value is -2.38. The Morgan fingerprint density at radius 2 is 2.00 bits per heavy atom. The van der Waals surface area contributed by atoms with Gasteiger partial charge < -0.3 is 9.30 Å². The lowest BCUT2D eigenvalue weighted by Gasteiger charge is -2.17. The molecule has 0 bridgehead atoms. The van der Waals surface area contributed by atoms with E-state index in [9.17, 15) is 4.79 Å². The Labute approximate surface area is 176 Å². The topological polar surface area (TPSA) is 72.8 Å². The first-order valence-corrected chi connectivity index (χ1v) is 10.8. The lowest BCUT2D eigenvalue weighted by atomic mass is 10.1. The van der Waals surface area contributed by atoms with Crippen molar-refractivity contribution in [2.75, 3.05) is 19.5 Å². The van der Waals surface area contributed by atoms with Crippen LogP contribution >= 0.6 is 11.8 Å². The summed E-state index contributed by atoms with van der Waals surface area (Å²) in [4.78, 5) is 17.3. The lowest BCUT2D eigenvalue weighted by Crippen LogP contribution is -2.14. The molecule has 0 aliphatic heterocycles. The van der Waals surface area contributed by atoms with Crippen LogP contribution < -0.4 is 0 Å². The van der Waals surface area contributed by atoms with Crippen LogP contribution in [0, 0.1) is 13.8 Å². The molecule has 0 spiro atoms. The number of nitrogens with zero attached hydrogens (tertiary/aromatic N) is 3. The number of thioether (sulfide) groups is 1. The molecule has 0 unspecified atom stereocenters. The quantitative estimate of drug-likeness (QED) is 0.410. The molecule has 0 aliphatic rings. The van der Waals surface area contributed by atoms with E-state index in [0.717, 1.165) is 28.9 Å². The highest BCUT2D eigenvalue weighted by atomic mass is 32.2. The molecule has 0 saturated heterocycles. The third kappa shape index (κ3) is 4.79. The number of hydrogen-bond donors (Lipinski definition) is 1. The van der Waals surface area contributed by atoms with Gasteiger partial charge in [-0.1, -0.05) is 43.0 Å². The summed E-state index contributed by atoms with van der Waals surface area (Å²) in [6.07, 6.45) is 1.00. The molecule has 3 rings (SSSR count). The van der Waals surface area contributed by atoms with Gasteiger partial charge in [-0.3, -0.25) is 9.89 Å². The summed E-state index contributed by atoms with van der Waals surface area (Å²) >= 11 is 1.35. The van der Waals surface area contributed by atoms with E-state index in [4.69, 9.17) is 4.74 Å². The summed E-state index contributed by atoms with van der Waals surface area (Å²) in [5, 5.41) is 7.80. The van der Waals surface area contributed by atoms with Crippen molar-refractivity contribution in [2.45, 2.75) is 45.3 Å². The van der Waals surface area contributed by atoms with Gasteiger partial charge in [0, 0.05) is 29.6 Å². The molecule has 6 nitrogen and oxygen atoms in total. The summed E-state index contributed by atoms with van der Waals surface area (Å²) in [5.41, 5.74) is 5.07. The maximum absolute atomic E-state index is 12.8. The summed E-state index contributed by atoms with van der Waals surface area (Å²) in [6.45, 7) is 8.84. The van der Waals surface area contributed by atoms with Crippen molar-refractivity contribution in [3.8, 4) is 11.4 Å². The van der Waals surface area contributed by atoms with Gasteiger partial charge in [0.15, 0.2) is 11.6 Å². The van der Waals surface area contributed by atoms with E-state index in [1.807, 2.05) is 32.0 Å². The van der Waals surface area contributed by atoms with Crippen molar-refractivity contribution in [3.05, 3.63) is 52.8 Å². The molecule has 2 aromatic heterocycles. The molecule has 0 saturated carbocycles. The SMILES string of the molecule is CCc1ccc(-c2nc(SCC(=O)c3cc(C)n([C@H](C)COC)c3C)n[nH]2)cc1. The van der Waals surface area contributed by atoms with E-state index in [0.29, 0.717) is 23.3 Å². The molecule has 0 fully saturated rings. The number of carbonyl (C=O) groups excluding carboxylic acids is 1. The van der Waals surface area contributed by atoms with Gasteiger partial charge in [0.2, 0.25) is 5.16 Å². The number of methoxy groups -OCH3 is 1. The number of H-pyrrole nitrogens is 1. The minimum atomic E-state index is 0.0811. The van der Waals surface area contributed by atoms with Gasteiger partial charge >= 0.3 is 0 Å². The molecular formula is C22H28N4O2S. The normalized spacial score (nSPS) is 12.3. The van der Waals surface area contributed by atoms with Crippen molar-refractivity contribution >= 4 is 17.5 Å². The van der Waals surface area contributed by atoms with Crippen molar-refractivity contribution in [3.63, 3.8) is 0 Å². The Morgan fingerprint density at radius 3 is 2.66 bits per heavy atom. The zero-order valence-corrected chi connectivity index (χ0v) is 18.5.